The number of amides is 1. The molecule has 0 bridgehead atoms. The van der Waals surface area contributed by atoms with Gasteiger partial charge in [-0.25, -0.2) is 4.39 Å². The van der Waals surface area contributed by atoms with Gasteiger partial charge in [0, 0.05) is 0 Å². The van der Waals surface area contributed by atoms with Crippen molar-refractivity contribution < 1.29 is 18.7 Å². The Balaban J connectivity index is 1.39. The van der Waals surface area contributed by atoms with Crippen LogP contribution in [-0.2, 0) is 17.9 Å². The number of hydrogen-bond donors (Lipinski definition) is 0. The fourth-order valence-corrected chi connectivity index (χ4v) is 4.36. The smallest absolute Gasteiger partial charge is 0.266 e. The summed E-state index contributed by atoms with van der Waals surface area (Å²) in [6.07, 6.45) is 1.83. The molecule has 1 heterocycles. The van der Waals surface area contributed by atoms with Crippen molar-refractivity contribution in [3.05, 3.63) is 100 Å². The van der Waals surface area contributed by atoms with Crippen LogP contribution < -0.4 is 9.47 Å². The number of benzene rings is 3. The molecule has 0 aromatic heterocycles. The van der Waals surface area contributed by atoms with Crippen LogP contribution in [0, 0.1) is 5.82 Å². The summed E-state index contributed by atoms with van der Waals surface area (Å²) in [6.45, 7) is 0.770. The van der Waals surface area contributed by atoms with Crippen molar-refractivity contribution in [2.45, 2.75) is 13.2 Å². The van der Waals surface area contributed by atoms with E-state index in [1.807, 2.05) is 54.6 Å². The van der Waals surface area contributed by atoms with Crippen LogP contribution in [0.2, 0.25) is 0 Å². The molecular weight excluding hydrogens is 445 g/mol. The molecule has 1 fully saturated rings. The molecule has 4 rings (SSSR count). The highest BCUT2D eigenvalue weighted by atomic mass is 32.2. The van der Waals surface area contributed by atoms with Gasteiger partial charge >= 0.3 is 0 Å². The van der Waals surface area contributed by atoms with Crippen molar-refractivity contribution in [3.8, 4) is 11.5 Å². The maximum absolute atomic E-state index is 13.0. The summed E-state index contributed by atoms with van der Waals surface area (Å²) in [7, 11) is 1.62. The molecule has 0 radical (unpaired) electrons. The second-order valence-corrected chi connectivity index (χ2v) is 8.78. The Kier molecular flexibility index (Phi) is 6.87. The van der Waals surface area contributed by atoms with Gasteiger partial charge in [-0.15, -0.1) is 0 Å². The lowest BCUT2D eigenvalue weighted by Crippen LogP contribution is -2.27. The number of methoxy groups -OCH3 is 1. The maximum atomic E-state index is 13.0. The molecule has 3 aromatic carbocycles. The normalized spacial score (nSPS) is 14.8. The SMILES string of the molecule is COc1ccc(CN2C(=O)C(=Cc3ccc(OCc4ccc(F)cc4)cc3)SC2=S)cc1. The number of carbonyl (C=O) groups is 1. The monoisotopic (exact) mass is 465 g/mol. The molecule has 3 aromatic rings. The second-order valence-electron chi connectivity index (χ2n) is 7.10. The van der Waals surface area contributed by atoms with E-state index in [1.165, 1.54) is 23.9 Å². The molecule has 32 heavy (non-hydrogen) atoms. The van der Waals surface area contributed by atoms with Gasteiger partial charge in [-0.2, -0.15) is 0 Å². The first kappa shape index (κ1) is 22.0. The van der Waals surface area contributed by atoms with E-state index in [0.29, 0.717) is 28.1 Å². The zero-order chi connectivity index (χ0) is 22.5. The Morgan fingerprint density at radius 3 is 2.22 bits per heavy atom. The summed E-state index contributed by atoms with van der Waals surface area (Å²) in [6, 6.07) is 21.2. The molecule has 162 valence electrons. The van der Waals surface area contributed by atoms with Crippen LogP contribution in [0.3, 0.4) is 0 Å². The van der Waals surface area contributed by atoms with Crippen LogP contribution in [0.5, 0.6) is 11.5 Å². The summed E-state index contributed by atoms with van der Waals surface area (Å²) in [5.41, 5.74) is 2.74. The number of ether oxygens (including phenoxy) is 2. The molecule has 1 aliphatic heterocycles. The van der Waals surface area contributed by atoms with Crippen LogP contribution in [0.15, 0.2) is 77.7 Å². The molecule has 4 nitrogen and oxygen atoms in total. The van der Waals surface area contributed by atoms with Gasteiger partial charge in [0.25, 0.3) is 5.91 Å². The quantitative estimate of drug-likeness (QED) is 0.325. The van der Waals surface area contributed by atoms with Crippen LogP contribution in [0.1, 0.15) is 16.7 Å². The van der Waals surface area contributed by atoms with Gasteiger partial charge in [-0.1, -0.05) is 60.4 Å². The molecule has 0 spiro atoms. The Bertz CT molecular complexity index is 1140. The molecule has 0 aliphatic carbocycles. The van der Waals surface area contributed by atoms with Gasteiger partial charge in [-0.05, 0) is 59.2 Å². The second kappa shape index (κ2) is 9.97. The number of carbonyl (C=O) groups excluding carboxylic acids is 1. The lowest BCUT2D eigenvalue weighted by atomic mass is 10.2. The van der Waals surface area contributed by atoms with Crippen molar-refractivity contribution in [2.75, 3.05) is 7.11 Å². The van der Waals surface area contributed by atoms with Crippen LogP contribution in [-0.4, -0.2) is 22.2 Å². The Morgan fingerprint density at radius 1 is 0.938 bits per heavy atom. The van der Waals surface area contributed by atoms with E-state index >= 15 is 0 Å². The molecule has 1 saturated heterocycles. The predicted molar refractivity (Wildman–Crippen MR) is 129 cm³/mol. The van der Waals surface area contributed by atoms with Gasteiger partial charge < -0.3 is 9.47 Å². The lowest BCUT2D eigenvalue weighted by Gasteiger charge is -2.14. The van der Waals surface area contributed by atoms with Crippen molar-refractivity contribution in [1.29, 1.82) is 0 Å². The van der Waals surface area contributed by atoms with E-state index in [1.54, 1.807) is 24.1 Å². The molecule has 1 amide bonds. The molecule has 0 atom stereocenters. The summed E-state index contributed by atoms with van der Waals surface area (Å²) in [5, 5.41) is 0. The third kappa shape index (κ3) is 5.36. The lowest BCUT2D eigenvalue weighted by molar-refractivity contribution is -0.122. The summed E-state index contributed by atoms with van der Waals surface area (Å²) < 4.78 is 24.4. The highest BCUT2D eigenvalue weighted by Crippen LogP contribution is 2.34. The molecule has 0 N–H and O–H groups in total. The Hall–Kier alpha value is -3.16. The average Bonchev–Trinajstić information content (AvgIpc) is 3.07. The fraction of sp³-hybridized carbons (Fsp3) is 0.120. The highest BCUT2D eigenvalue weighted by Gasteiger charge is 2.31. The molecule has 1 aliphatic rings. The minimum Gasteiger partial charge on any atom is -0.497 e. The first-order chi connectivity index (χ1) is 15.5. The van der Waals surface area contributed by atoms with Crippen molar-refractivity contribution in [3.63, 3.8) is 0 Å². The first-order valence-electron chi connectivity index (χ1n) is 9.87. The first-order valence-corrected chi connectivity index (χ1v) is 11.1. The average molecular weight is 466 g/mol. The van der Waals surface area contributed by atoms with Gasteiger partial charge in [0.05, 0.1) is 18.6 Å². The predicted octanol–water partition coefficient (Wildman–Crippen LogP) is 5.81. The van der Waals surface area contributed by atoms with Crippen molar-refractivity contribution in [2.24, 2.45) is 0 Å². The number of rotatable bonds is 7. The van der Waals surface area contributed by atoms with E-state index in [2.05, 4.69) is 0 Å². The number of thiocarbonyl (C=S) groups is 1. The molecular formula is C25H20FNO3S2. The summed E-state index contributed by atoms with van der Waals surface area (Å²) >= 11 is 6.73. The minimum absolute atomic E-state index is 0.104. The fourth-order valence-electron chi connectivity index (χ4n) is 3.11. The highest BCUT2D eigenvalue weighted by molar-refractivity contribution is 8.26. The summed E-state index contributed by atoms with van der Waals surface area (Å²) in [5.74, 6) is 1.09. The standard InChI is InChI=1S/C25H20FNO3S2/c1-29-21-10-6-18(7-11-21)15-27-24(28)23(32-25(27)31)14-17-4-12-22(13-5-17)30-16-19-2-8-20(26)9-3-19/h2-14H,15-16H2,1H3. The van der Waals surface area contributed by atoms with Gasteiger partial charge in [-0.3, -0.25) is 9.69 Å². The molecule has 7 heteroatoms. The topological polar surface area (TPSA) is 38.8 Å². The van der Waals surface area contributed by atoms with E-state index in [4.69, 9.17) is 21.7 Å². The Labute approximate surface area is 195 Å². The molecule has 0 unspecified atom stereocenters. The summed E-state index contributed by atoms with van der Waals surface area (Å²) in [4.78, 5) is 15.1. The number of thioether (sulfide) groups is 1. The van der Waals surface area contributed by atoms with E-state index < -0.39 is 0 Å². The molecule has 0 saturated carbocycles. The minimum atomic E-state index is -0.271. The zero-order valence-corrected chi connectivity index (χ0v) is 18.9. The van der Waals surface area contributed by atoms with Gasteiger partial charge in [0.1, 0.15) is 28.2 Å². The van der Waals surface area contributed by atoms with E-state index in [0.717, 1.165) is 22.4 Å². The van der Waals surface area contributed by atoms with Crippen LogP contribution in [0.4, 0.5) is 4.39 Å². The third-order valence-corrected chi connectivity index (χ3v) is 6.25. The van der Waals surface area contributed by atoms with Crippen molar-refractivity contribution in [1.82, 2.24) is 4.90 Å². The van der Waals surface area contributed by atoms with Crippen LogP contribution in [0.25, 0.3) is 6.08 Å². The van der Waals surface area contributed by atoms with E-state index in [-0.39, 0.29) is 11.7 Å². The van der Waals surface area contributed by atoms with Gasteiger partial charge in [0.2, 0.25) is 0 Å². The number of hydrogen-bond acceptors (Lipinski definition) is 5. The third-order valence-electron chi connectivity index (χ3n) is 4.87. The van der Waals surface area contributed by atoms with Crippen LogP contribution >= 0.6 is 24.0 Å². The zero-order valence-electron chi connectivity index (χ0n) is 17.3. The maximum Gasteiger partial charge on any atom is 0.266 e. The number of nitrogens with zero attached hydrogens (tertiary/aromatic N) is 1. The largest absolute Gasteiger partial charge is 0.497 e. The Morgan fingerprint density at radius 2 is 1.56 bits per heavy atom. The van der Waals surface area contributed by atoms with Gasteiger partial charge in [0.15, 0.2) is 0 Å². The van der Waals surface area contributed by atoms with Crippen molar-refractivity contribution >= 4 is 40.3 Å². The van der Waals surface area contributed by atoms with E-state index in [9.17, 15) is 9.18 Å². The number of halogens is 1.